The number of methoxy groups -OCH3 is 1. The molecular weight excluding hydrogens is 540 g/mol. The van der Waals surface area contributed by atoms with Gasteiger partial charge in [-0.3, -0.25) is 23.6 Å². The summed E-state index contributed by atoms with van der Waals surface area (Å²) in [5.41, 5.74) is 1.16. The van der Waals surface area contributed by atoms with Crippen molar-refractivity contribution < 1.29 is 28.6 Å². The lowest BCUT2D eigenvalue weighted by Gasteiger charge is -2.33. The number of nitrogens with zero attached hydrogens (tertiary/aromatic N) is 4. The molecular formula is C31H38N4O7. The van der Waals surface area contributed by atoms with Gasteiger partial charge in [-0.2, -0.15) is 0 Å². The third-order valence-electron chi connectivity index (χ3n) is 7.75. The number of hydrogen-bond acceptors (Lipinski definition) is 7. The number of carbonyl (C=O) groups is 3. The normalized spacial score (nSPS) is 18.5. The highest BCUT2D eigenvalue weighted by molar-refractivity contribution is 6.00. The molecule has 224 valence electrons. The quantitative estimate of drug-likeness (QED) is 0.406. The standard InChI is InChI=1S/C31H38N4O7/c1-31(2,3)42-30(39)33-16-14-22(15-17-33)41-23-10-11-24-26(18-23)32(4)29(38)35(24)25-12-13-27(36)34(28(25)37)19-20-6-8-21(40-5)9-7-20/h6-11,18,22,25H,12-17,19H2,1-5H3. The van der Waals surface area contributed by atoms with E-state index in [1.165, 1.54) is 14.0 Å². The molecule has 3 heterocycles. The van der Waals surface area contributed by atoms with Crippen molar-refractivity contribution in [1.82, 2.24) is 18.9 Å². The van der Waals surface area contributed by atoms with Crippen LogP contribution in [0.5, 0.6) is 11.5 Å². The van der Waals surface area contributed by atoms with Crippen LogP contribution in [0.2, 0.25) is 0 Å². The van der Waals surface area contributed by atoms with E-state index in [4.69, 9.17) is 14.2 Å². The molecule has 1 unspecified atom stereocenters. The van der Waals surface area contributed by atoms with Crippen molar-refractivity contribution in [3.63, 3.8) is 0 Å². The summed E-state index contributed by atoms with van der Waals surface area (Å²) < 4.78 is 19.9. The highest BCUT2D eigenvalue weighted by Gasteiger charge is 2.37. The Morgan fingerprint density at radius 1 is 0.929 bits per heavy atom. The third-order valence-corrected chi connectivity index (χ3v) is 7.75. The van der Waals surface area contributed by atoms with Crippen LogP contribution in [-0.4, -0.2) is 68.7 Å². The molecule has 0 saturated carbocycles. The van der Waals surface area contributed by atoms with Gasteiger partial charge in [0.05, 0.1) is 24.7 Å². The van der Waals surface area contributed by atoms with Crippen LogP contribution in [-0.2, 0) is 27.9 Å². The first-order valence-corrected chi connectivity index (χ1v) is 14.3. The van der Waals surface area contributed by atoms with Crippen LogP contribution in [0.25, 0.3) is 11.0 Å². The van der Waals surface area contributed by atoms with E-state index in [-0.39, 0.29) is 43.2 Å². The maximum absolute atomic E-state index is 13.6. The third kappa shape index (κ3) is 6.00. The summed E-state index contributed by atoms with van der Waals surface area (Å²) in [7, 11) is 3.24. The van der Waals surface area contributed by atoms with Gasteiger partial charge in [0.25, 0.3) is 5.91 Å². The molecule has 11 heteroatoms. The van der Waals surface area contributed by atoms with Crippen LogP contribution < -0.4 is 15.2 Å². The molecule has 3 aromatic rings. The van der Waals surface area contributed by atoms with Gasteiger partial charge in [0, 0.05) is 45.5 Å². The number of ether oxygens (including phenoxy) is 3. The summed E-state index contributed by atoms with van der Waals surface area (Å²) in [4.78, 5) is 55.1. The van der Waals surface area contributed by atoms with Crippen molar-refractivity contribution in [1.29, 1.82) is 0 Å². The van der Waals surface area contributed by atoms with Crippen molar-refractivity contribution in [2.75, 3.05) is 20.2 Å². The zero-order valence-electron chi connectivity index (χ0n) is 24.8. The van der Waals surface area contributed by atoms with E-state index >= 15 is 0 Å². The van der Waals surface area contributed by atoms with Gasteiger partial charge in [-0.25, -0.2) is 9.59 Å². The number of imide groups is 1. The second-order valence-corrected chi connectivity index (χ2v) is 11.9. The molecule has 2 aromatic carbocycles. The molecule has 2 aliphatic heterocycles. The topological polar surface area (TPSA) is 112 Å². The Balaban J connectivity index is 1.31. The first-order valence-electron chi connectivity index (χ1n) is 14.3. The Morgan fingerprint density at radius 3 is 2.24 bits per heavy atom. The molecule has 1 atom stereocenters. The zero-order valence-corrected chi connectivity index (χ0v) is 24.8. The maximum atomic E-state index is 13.6. The van der Waals surface area contributed by atoms with Crippen LogP contribution >= 0.6 is 0 Å². The van der Waals surface area contributed by atoms with Gasteiger partial charge < -0.3 is 19.1 Å². The first kappa shape index (κ1) is 29.2. The van der Waals surface area contributed by atoms with Crippen LogP contribution in [0.4, 0.5) is 4.79 Å². The van der Waals surface area contributed by atoms with E-state index in [0.717, 1.165) is 5.56 Å². The maximum Gasteiger partial charge on any atom is 0.410 e. The van der Waals surface area contributed by atoms with Gasteiger partial charge in [-0.05, 0) is 57.0 Å². The SMILES string of the molecule is COc1ccc(CN2C(=O)CCC(n3c(=O)n(C)c4cc(OC5CCN(C(=O)OC(C)(C)C)CC5)ccc43)C2=O)cc1. The average molecular weight is 579 g/mol. The molecule has 42 heavy (non-hydrogen) atoms. The van der Waals surface area contributed by atoms with Crippen LogP contribution in [0, 0.1) is 0 Å². The highest BCUT2D eigenvalue weighted by Crippen LogP contribution is 2.30. The van der Waals surface area contributed by atoms with Crippen molar-refractivity contribution in [2.24, 2.45) is 7.05 Å². The average Bonchev–Trinajstić information content (AvgIpc) is 3.20. The van der Waals surface area contributed by atoms with Crippen molar-refractivity contribution in [2.45, 2.75) is 70.7 Å². The fourth-order valence-corrected chi connectivity index (χ4v) is 5.53. The zero-order chi connectivity index (χ0) is 30.2. The summed E-state index contributed by atoms with van der Waals surface area (Å²) in [5.74, 6) is 0.643. The summed E-state index contributed by atoms with van der Waals surface area (Å²) in [6.07, 6.45) is 1.33. The lowest BCUT2D eigenvalue weighted by Crippen LogP contribution is -2.47. The van der Waals surface area contributed by atoms with Gasteiger partial charge in [0.15, 0.2) is 0 Å². The fraction of sp³-hybridized carbons (Fsp3) is 0.484. The summed E-state index contributed by atoms with van der Waals surface area (Å²) in [5, 5.41) is 0. The molecule has 2 aliphatic rings. The predicted octanol–water partition coefficient (Wildman–Crippen LogP) is 4.02. The number of fused-ring (bicyclic) bond motifs is 1. The molecule has 11 nitrogen and oxygen atoms in total. The Kier molecular flexibility index (Phi) is 8.03. The van der Waals surface area contributed by atoms with E-state index in [1.807, 2.05) is 32.9 Å². The Hall–Kier alpha value is -4.28. The number of aryl methyl sites for hydroxylation is 1. The van der Waals surface area contributed by atoms with Crippen LogP contribution in [0.15, 0.2) is 47.3 Å². The van der Waals surface area contributed by atoms with Crippen molar-refractivity contribution in [3.8, 4) is 11.5 Å². The lowest BCUT2D eigenvalue weighted by atomic mass is 10.0. The molecule has 2 fully saturated rings. The smallest absolute Gasteiger partial charge is 0.410 e. The van der Waals surface area contributed by atoms with E-state index in [1.54, 1.807) is 49.4 Å². The molecule has 0 aliphatic carbocycles. The molecule has 3 amide bonds. The Bertz CT molecular complexity index is 1540. The summed E-state index contributed by atoms with van der Waals surface area (Å²) in [6.45, 7) is 6.74. The van der Waals surface area contributed by atoms with E-state index < -0.39 is 17.6 Å². The lowest BCUT2D eigenvalue weighted by molar-refractivity contribution is -0.151. The predicted molar refractivity (Wildman–Crippen MR) is 155 cm³/mol. The monoisotopic (exact) mass is 578 g/mol. The first-order chi connectivity index (χ1) is 19.9. The van der Waals surface area contributed by atoms with Crippen LogP contribution in [0.3, 0.4) is 0 Å². The molecule has 1 aromatic heterocycles. The number of piperidine rings is 2. The van der Waals surface area contributed by atoms with Gasteiger partial charge >= 0.3 is 11.8 Å². The number of likely N-dealkylation sites (tertiary alicyclic amines) is 2. The van der Waals surface area contributed by atoms with Gasteiger partial charge in [-0.1, -0.05) is 12.1 Å². The van der Waals surface area contributed by atoms with E-state index in [9.17, 15) is 19.2 Å². The van der Waals surface area contributed by atoms with E-state index in [2.05, 4.69) is 0 Å². The molecule has 0 spiro atoms. The minimum Gasteiger partial charge on any atom is -0.497 e. The largest absolute Gasteiger partial charge is 0.497 e. The number of amides is 3. The number of rotatable bonds is 6. The number of benzene rings is 2. The molecule has 0 bridgehead atoms. The molecule has 0 radical (unpaired) electrons. The second kappa shape index (κ2) is 11.5. The Labute approximate surface area is 244 Å². The molecule has 0 N–H and O–H groups in total. The highest BCUT2D eigenvalue weighted by atomic mass is 16.6. The van der Waals surface area contributed by atoms with Gasteiger partial charge in [-0.15, -0.1) is 0 Å². The number of imidazole rings is 1. The second-order valence-electron chi connectivity index (χ2n) is 11.9. The van der Waals surface area contributed by atoms with Crippen molar-refractivity contribution >= 4 is 28.9 Å². The van der Waals surface area contributed by atoms with Crippen molar-refractivity contribution in [3.05, 3.63) is 58.5 Å². The summed E-state index contributed by atoms with van der Waals surface area (Å²) in [6, 6.07) is 11.8. The minimum atomic E-state index is -0.791. The number of hydrogen-bond donors (Lipinski definition) is 0. The van der Waals surface area contributed by atoms with Gasteiger partial charge in [0.1, 0.15) is 29.2 Å². The minimum absolute atomic E-state index is 0.0855. The molecule has 2 saturated heterocycles. The van der Waals surface area contributed by atoms with Gasteiger partial charge in [0.2, 0.25) is 5.91 Å². The number of aromatic nitrogens is 2. The molecule has 5 rings (SSSR count). The number of carbonyl (C=O) groups excluding carboxylic acids is 3. The van der Waals surface area contributed by atoms with E-state index in [0.29, 0.717) is 48.5 Å². The fourth-order valence-electron chi connectivity index (χ4n) is 5.53. The summed E-state index contributed by atoms with van der Waals surface area (Å²) >= 11 is 0. The Morgan fingerprint density at radius 2 is 1.60 bits per heavy atom. The van der Waals surface area contributed by atoms with Crippen LogP contribution in [0.1, 0.15) is 58.1 Å².